The third-order valence-corrected chi connectivity index (χ3v) is 6.94. The highest BCUT2D eigenvalue weighted by atomic mass is 16.5. The van der Waals surface area contributed by atoms with Crippen LogP contribution in [0, 0.1) is 23.2 Å². The predicted molar refractivity (Wildman–Crippen MR) is 119 cm³/mol. The standard InChI is InChI=1S/C25H40O6/c1-5-15-25(3,4)24(30)31-20-12-8-9-17-14-13-16(2)18(21(17)20)10-6-7-11-19(26)22(27)23(28)29/h9,13-14,16,18-22,26-27H,5-8,10-12,15H2,1-4H3,(H,28,29). The summed E-state index contributed by atoms with van der Waals surface area (Å²) in [5.74, 6) is -0.673. The molecule has 176 valence electrons. The zero-order valence-electron chi connectivity index (χ0n) is 19.4. The molecule has 6 nitrogen and oxygen atoms in total. The number of aliphatic carboxylic acids is 1. The van der Waals surface area contributed by atoms with Gasteiger partial charge < -0.3 is 20.1 Å². The van der Waals surface area contributed by atoms with Crippen molar-refractivity contribution in [1.29, 1.82) is 0 Å². The molecule has 2 rings (SSSR count). The summed E-state index contributed by atoms with van der Waals surface area (Å²) in [5.41, 5.74) is 0.768. The minimum Gasteiger partial charge on any atom is -0.479 e. The van der Waals surface area contributed by atoms with E-state index in [0.29, 0.717) is 18.3 Å². The summed E-state index contributed by atoms with van der Waals surface area (Å²) < 4.78 is 6.11. The lowest BCUT2D eigenvalue weighted by Gasteiger charge is -2.42. The van der Waals surface area contributed by atoms with Crippen molar-refractivity contribution in [2.24, 2.45) is 23.2 Å². The average Bonchev–Trinajstić information content (AvgIpc) is 2.71. The Morgan fingerprint density at radius 3 is 2.61 bits per heavy atom. The molecular formula is C25H40O6. The van der Waals surface area contributed by atoms with E-state index in [1.165, 1.54) is 5.57 Å². The van der Waals surface area contributed by atoms with Crippen molar-refractivity contribution < 1.29 is 29.6 Å². The fourth-order valence-electron chi connectivity index (χ4n) is 5.03. The van der Waals surface area contributed by atoms with Gasteiger partial charge in [-0.15, -0.1) is 0 Å². The van der Waals surface area contributed by atoms with E-state index < -0.39 is 23.6 Å². The van der Waals surface area contributed by atoms with Crippen LogP contribution in [0.15, 0.2) is 23.8 Å². The Morgan fingerprint density at radius 1 is 1.26 bits per heavy atom. The number of carbonyl (C=O) groups is 2. The Labute approximate surface area is 186 Å². The quantitative estimate of drug-likeness (QED) is 0.330. The monoisotopic (exact) mass is 436 g/mol. The highest BCUT2D eigenvalue weighted by Crippen LogP contribution is 2.44. The molecule has 0 saturated heterocycles. The number of carboxylic acid groups (broad SMARTS) is 1. The van der Waals surface area contributed by atoms with Crippen LogP contribution in [0.4, 0.5) is 0 Å². The van der Waals surface area contributed by atoms with Gasteiger partial charge in [0.15, 0.2) is 6.10 Å². The molecule has 0 aromatic carbocycles. The number of ether oxygens (including phenoxy) is 1. The van der Waals surface area contributed by atoms with E-state index in [2.05, 4.69) is 32.1 Å². The van der Waals surface area contributed by atoms with E-state index >= 15 is 0 Å². The lowest BCUT2D eigenvalue weighted by Crippen LogP contribution is -2.41. The normalized spacial score (nSPS) is 27.7. The van der Waals surface area contributed by atoms with Crippen LogP contribution >= 0.6 is 0 Å². The number of hydrogen-bond acceptors (Lipinski definition) is 5. The molecule has 6 unspecified atom stereocenters. The van der Waals surface area contributed by atoms with Crippen LogP contribution in [-0.4, -0.2) is 45.6 Å². The van der Waals surface area contributed by atoms with Crippen molar-refractivity contribution in [2.75, 3.05) is 0 Å². The Kier molecular flexibility index (Phi) is 9.31. The molecule has 31 heavy (non-hydrogen) atoms. The maximum absolute atomic E-state index is 12.9. The zero-order valence-corrected chi connectivity index (χ0v) is 19.4. The summed E-state index contributed by atoms with van der Waals surface area (Å²) in [6.07, 6.45) is 9.63. The smallest absolute Gasteiger partial charge is 0.335 e. The molecule has 0 radical (unpaired) electrons. The first-order valence-corrected chi connectivity index (χ1v) is 11.8. The minimum atomic E-state index is -1.74. The van der Waals surface area contributed by atoms with Crippen molar-refractivity contribution >= 4 is 11.9 Å². The zero-order chi connectivity index (χ0) is 23.2. The fourth-order valence-corrected chi connectivity index (χ4v) is 5.03. The molecule has 6 atom stereocenters. The summed E-state index contributed by atoms with van der Waals surface area (Å²) in [6, 6.07) is 0. The third-order valence-electron chi connectivity index (χ3n) is 6.94. The molecule has 0 aliphatic heterocycles. The van der Waals surface area contributed by atoms with Crippen molar-refractivity contribution in [2.45, 2.75) is 97.4 Å². The second kappa shape index (κ2) is 11.3. The van der Waals surface area contributed by atoms with Crippen molar-refractivity contribution in [1.82, 2.24) is 0 Å². The van der Waals surface area contributed by atoms with E-state index in [9.17, 15) is 19.8 Å². The summed E-state index contributed by atoms with van der Waals surface area (Å²) in [4.78, 5) is 23.7. The van der Waals surface area contributed by atoms with Crippen LogP contribution in [0.3, 0.4) is 0 Å². The number of allylic oxidation sites excluding steroid dienone is 3. The molecule has 0 amide bonds. The largest absolute Gasteiger partial charge is 0.479 e. The topological polar surface area (TPSA) is 104 Å². The van der Waals surface area contributed by atoms with Gasteiger partial charge in [-0.3, -0.25) is 4.79 Å². The van der Waals surface area contributed by atoms with Crippen molar-refractivity contribution in [3.63, 3.8) is 0 Å². The molecule has 0 spiro atoms. The molecule has 3 N–H and O–H groups in total. The second-order valence-electron chi connectivity index (χ2n) is 9.90. The first kappa shape index (κ1) is 25.6. The Hall–Kier alpha value is -1.66. The number of aliphatic hydroxyl groups excluding tert-OH is 2. The van der Waals surface area contributed by atoms with Gasteiger partial charge in [0, 0.05) is 5.92 Å². The van der Waals surface area contributed by atoms with Gasteiger partial charge in [0.2, 0.25) is 0 Å². The first-order chi connectivity index (χ1) is 14.6. The average molecular weight is 437 g/mol. The summed E-state index contributed by atoms with van der Waals surface area (Å²) in [5, 5.41) is 28.1. The van der Waals surface area contributed by atoms with Gasteiger partial charge in [-0.25, -0.2) is 4.79 Å². The second-order valence-corrected chi connectivity index (χ2v) is 9.90. The summed E-state index contributed by atoms with van der Waals surface area (Å²) >= 11 is 0. The first-order valence-electron chi connectivity index (χ1n) is 11.8. The van der Waals surface area contributed by atoms with Gasteiger partial charge in [-0.2, -0.15) is 0 Å². The van der Waals surface area contributed by atoms with Crippen molar-refractivity contribution in [3.8, 4) is 0 Å². The Balaban J connectivity index is 2.02. The predicted octanol–water partition coefficient (Wildman–Crippen LogP) is 4.25. The van der Waals surface area contributed by atoms with Gasteiger partial charge >= 0.3 is 11.9 Å². The highest BCUT2D eigenvalue weighted by molar-refractivity contribution is 5.76. The van der Waals surface area contributed by atoms with E-state index in [-0.39, 0.29) is 24.4 Å². The maximum atomic E-state index is 12.9. The molecule has 0 heterocycles. The van der Waals surface area contributed by atoms with E-state index in [0.717, 1.165) is 38.5 Å². The van der Waals surface area contributed by atoms with Crippen molar-refractivity contribution in [3.05, 3.63) is 23.8 Å². The van der Waals surface area contributed by atoms with Gasteiger partial charge in [-0.05, 0) is 63.4 Å². The fraction of sp³-hybridized carbons (Fsp3) is 0.760. The molecule has 6 heteroatoms. The SMILES string of the molecule is CCCC(C)(C)C(=O)OC1CCC=C2C=CC(C)C(CCCCC(O)C(O)C(=O)O)C21. The molecular weight excluding hydrogens is 396 g/mol. The van der Waals surface area contributed by atoms with Gasteiger partial charge in [0.1, 0.15) is 6.10 Å². The van der Waals surface area contributed by atoms with Gasteiger partial charge in [0.05, 0.1) is 11.5 Å². The minimum absolute atomic E-state index is 0.118. The molecule has 0 saturated carbocycles. The summed E-state index contributed by atoms with van der Waals surface area (Å²) in [7, 11) is 0. The van der Waals surface area contributed by atoms with Crippen LogP contribution in [0.1, 0.15) is 79.1 Å². The molecule has 0 aromatic heterocycles. The van der Waals surface area contributed by atoms with Gasteiger partial charge in [0.25, 0.3) is 0 Å². The molecule has 0 bridgehead atoms. The number of rotatable bonds is 11. The van der Waals surface area contributed by atoms with Crippen LogP contribution in [0.25, 0.3) is 0 Å². The maximum Gasteiger partial charge on any atom is 0.335 e. The number of unbranched alkanes of at least 4 members (excludes halogenated alkanes) is 1. The number of carboxylic acids is 1. The number of carbonyl (C=O) groups excluding carboxylic acids is 1. The molecule has 2 aliphatic carbocycles. The number of fused-ring (bicyclic) bond motifs is 1. The van der Waals surface area contributed by atoms with Crippen LogP contribution in [0.2, 0.25) is 0 Å². The molecule has 0 fully saturated rings. The van der Waals surface area contributed by atoms with Crippen LogP contribution in [0.5, 0.6) is 0 Å². The van der Waals surface area contributed by atoms with E-state index in [1.807, 2.05) is 13.8 Å². The summed E-state index contributed by atoms with van der Waals surface area (Å²) in [6.45, 7) is 8.17. The lowest BCUT2D eigenvalue weighted by atomic mass is 9.66. The Bertz CT molecular complexity index is 679. The third kappa shape index (κ3) is 6.66. The van der Waals surface area contributed by atoms with Gasteiger partial charge in [-0.1, -0.05) is 51.3 Å². The van der Waals surface area contributed by atoms with Crippen LogP contribution in [-0.2, 0) is 14.3 Å². The highest BCUT2D eigenvalue weighted by Gasteiger charge is 2.41. The number of aliphatic hydroxyl groups is 2. The number of esters is 1. The van der Waals surface area contributed by atoms with E-state index in [4.69, 9.17) is 9.84 Å². The molecule has 2 aliphatic rings. The van der Waals surface area contributed by atoms with Crippen LogP contribution < -0.4 is 0 Å². The Morgan fingerprint density at radius 2 is 1.97 bits per heavy atom. The number of hydrogen-bond donors (Lipinski definition) is 3. The molecule has 0 aromatic rings. The lowest BCUT2D eigenvalue weighted by molar-refractivity contribution is -0.164. The van der Waals surface area contributed by atoms with E-state index in [1.54, 1.807) is 0 Å².